The molecule has 0 bridgehead atoms. The summed E-state index contributed by atoms with van der Waals surface area (Å²) in [6, 6.07) is 16.0. The molecule has 2 aromatic carbocycles. The van der Waals surface area contributed by atoms with Gasteiger partial charge >= 0.3 is 0 Å². The fourth-order valence-corrected chi connectivity index (χ4v) is 7.50. The van der Waals surface area contributed by atoms with E-state index in [1.165, 1.54) is 22.7 Å². The van der Waals surface area contributed by atoms with Crippen molar-refractivity contribution in [3.05, 3.63) is 81.3 Å². The third-order valence-electron chi connectivity index (χ3n) is 7.97. The number of hydrogen-bond acceptors (Lipinski definition) is 9. The Balaban J connectivity index is 1.02. The molecule has 2 aliphatic rings. The minimum Gasteiger partial charge on any atom is -0.378 e. The fraction of sp³-hybridized carbons (Fsp3) is 0.400. The van der Waals surface area contributed by atoms with E-state index in [1.807, 2.05) is 24.3 Å². The Labute approximate surface area is 254 Å². The van der Waals surface area contributed by atoms with E-state index in [2.05, 4.69) is 31.0 Å². The standard InChI is InChI=1S/C30H30F2N6O3S2/c31-30(32)15-22(16-30)19-9-4-6-17(12-19)13-23(39)33-28-37-35-26(42-28)20-10-5-11-21(14-20)27-36-38-29(43-27)34-25(41)24(40)18-7-2-1-3-8-18/h1-4,6-9,12,20-22,24,40H,5,10-11,13-16H2,(H,33,37,39)(H,34,38,41)/t20-,21-,24+/m0/s1. The normalized spacial score (nSPS) is 20.6. The van der Waals surface area contributed by atoms with E-state index >= 15 is 0 Å². The Morgan fingerprint density at radius 3 is 2.19 bits per heavy atom. The largest absolute Gasteiger partial charge is 0.378 e. The summed E-state index contributed by atoms with van der Waals surface area (Å²) in [6.07, 6.45) is 2.17. The number of rotatable bonds is 9. The monoisotopic (exact) mass is 624 g/mol. The number of aliphatic hydroxyl groups excluding tert-OH is 1. The number of hydrogen-bond donors (Lipinski definition) is 3. The van der Waals surface area contributed by atoms with Crippen LogP contribution in [-0.4, -0.2) is 43.2 Å². The van der Waals surface area contributed by atoms with Crippen molar-refractivity contribution in [2.75, 3.05) is 10.6 Å². The maximum atomic E-state index is 13.3. The molecule has 6 rings (SSSR count). The van der Waals surface area contributed by atoms with Crippen LogP contribution >= 0.6 is 22.7 Å². The average molecular weight is 625 g/mol. The van der Waals surface area contributed by atoms with Crippen molar-refractivity contribution in [2.24, 2.45) is 0 Å². The zero-order valence-corrected chi connectivity index (χ0v) is 24.7. The molecule has 224 valence electrons. The van der Waals surface area contributed by atoms with Crippen LogP contribution in [-0.2, 0) is 16.0 Å². The minimum absolute atomic E-state index is 0.121. The third kappa shape index (κ3) is 7.11. The predicted octanol–water partition coefficient (Wildman–Crippen LogP) is 6.20. The molecule has 0 spiro atoms. The van der Waals surface area contributed by atoms with Crippen LogP contribution in [0.2, 0.25) is 0 Å². The Bertz CT molecular complexity index is 1590. The molecule has 0 radical (unpaired) electrons. The lowest BCUT2D eigenvalue weighted by molar-refractivity contribution is -0.124. The summed E-state index contributed by atoms with van der Waals surface area (Å²) < 4.78 is 26.6. The van der Waals surface area contributed by atoms with E-state index in [0.717, 1.165) is 46.8 Å². The smallest absolute Gasteiger partial charge is 0.259 e. The van der Waals surface area contributed by atoms with Gasteiger partial charge in [0.15, 0.2) is 6.10 Å². The first-order valence-corrected chi connectivity index (χ1v) is 15.8. The van der Waals surface area contributed by atoms with Gasteiger partial charge in [-0.3, -0.25) is 14.9 Å². The summed E-state index contributed by atoms with van der Waals surface area (Å²) in [5.41, 5.74) is 2.11. The van der Waals surface area contributed by atoms with E-state index in [-0.39, 0.29) is 42.9 Å². The molecule has 2 aliphatic carbocycles. The molecule has 2 saturated carbocycles. The van der Waals surface area contributed by atoms with Gasteiger partial charge in [-0.25, -0.2) is 8.78 Å². The van der Waals surface area contributed by atoms with Crippen LogP contribution in [0, 0.1) is 0 Å². The Morgan fingerprint density at radius 2 is 1.53 bits per heavy atom. The number of anilines is 2. The van der Waals surface area contributed by atoms with Crippen molar-refractivity contribution >= 4 is 44.8 Å². The molecule has 0 unspecified atom stereocenters. The van der Waals surface area contributed by atoms with Crippen LogP contribution < -0.4 is 10.6 Å². The molecule has 13 heteroatoms. The Hall–Kier alpha value is -3.68. The van der Waals surface area contributed by atoms with E-state index in [1.54, 1.807) is 30.3 Å². The number of halogens is 2. The molecule has 2 aromatic heterocycles. The van der Waals surface area contributed by atoms with Crippen molar-refractivity contribution in [1.82, 2.24) is 20.4 Å². The number of benzene rings is 2. The van der Waals surface area contributed by atoms with E-state index in [9.17, 15) is 23.5 Å². The summed E-state index contributed by atoms with van der Waals surface area (Å²) in [6.45, 7) is 0. The first kappa shape index (κ1) is 29.4. The van der Waals surface area contributed by atoms with Gasteiger partial charge in [-0.1, -0.05) is 83.7 Å². The van der Waals surface area contributed by atoms with Crippen molar-refractivity contribution < 1.29 is 23.5 Å². The van der Waals surface area contributed by atoms with Crippen LogP contribution in [0.5, 0.6) is 0 Å². The maximum absolute atomic E-state index is 13.3. The van der Waals surface area contributed by atoms with Gasteiger partial charge in [0.05, 0.1) is 6.42 Å². The van der Waals surface area contributed by atoms with Crippen LogP contribution in [0.1, 0.15) is 89.1 Å². The molecule has 4 aromatic rings. The zero-order valence-electron chi connectivity index (χ0n) is 23.1. The number of aromatic nitrogens is 4. The van der Waals surface area contributed by atoms with Gasteiger partial charge < -0.3 is 10.4 Å². The molecule has 2 fully saturated rings. The second-order valence-electron chi connectivity index (χ2n) is 11.2. The van der Waals surface area contributed by atoms with Crippen LogP contribution in [0.4, 0.5) is 19.0 Å². The summed E-state index contributed by atoms with van der Waals surface area (Å²) in [7, 11) is 0. The van der Waals surface area contributed by atoms with Gasteiger partial charge in [-0.05, 0) is 41.9 Å². The molecule has 9 nitrogen and oxygen atoms in total. The van der Waals surface area contributed by atoms with Crippen LogP contribution in [0.15, 0.2) is 54.6 Å². The summed E-state index contributed by atoms with van der Waals surface area (Å²) in [5, 5.41) is 35.3. The van der Waals surface area contributed by atoms with E-state index < -0.39 is 17.9 Å². The zero-order chi connectivity index (χ0) is 30.0. The number of carbonyl (C=O) groups is 2. The first-order valence-electron chi connectivity index (χ1n) is 14.2. The molecule has 2 heterocycles. The van der Waals surface area contributed by atoms with Crippen molar-refractivity contribution in [1.29, 1.82) is 0 Å². The topological polar surface area (TPSA) is 130 Å². The lowest BCUT2D eigenvalue weighted by atomic mass is 9.76. The molecule has 0 aliphatic heterocycles. The van der Waals surface area contributed by atoms with Crippen LogP contribution in [0.3, 0.4) is 0 Å². The van der Waals surface area contributed by atoms with Gasteiger partial charge in [0.1, 0.15) is 10.0 Å². The molecule has 3 atom stereocenters. The first-order chi connectivity index (χ1) is 20.7. The number of carbonyl (C=O) groups excluding carboxylic acids is 2. The number of nitrogens with zero attached hydrogens (tertiary/aromatic N) is 4. The lowest BCUT2D eigenvalue weighted by Gasteiger charge is -2.35. The van der Waals surface area contributed by atoms with Crippen LogP contribution in [0.25, 0.3) is 0 Å². The second-order valence-corrected chi connectivity index (χ2v) is 13.2. The molecule has 3 N–H and O–H groups in total. The van der Waals surface area contributed by atoms with Gasteiger partial charge in [0.25, 0.3) is 5.91 Å². The SMILES string of the molecule is O=C(Cc1cccc(C2CC(F)(F)C2)c1)Nc1nnc([C@H]2CCC[C@H](c3nnc(NC(=O)[C@H](O)c4ccccc4)s3)C2)s1. The third-order valence-corrected chi connectivity index (χ3v) is 9.97. The van der Waals surface area contributed by atoms with Gasteiger partial charge in [0, 0.05) is 24.7 Å². The number of aliphatic hydroxyl groups is 1. The Kier molecular flexibility index (Phi) is 8.55. The summed E-state index contributed by atoms with van der Waals surface area (Å²) in [5.74, 6) is -3.25. The predicted molar refractivity (Wildman–Crippen MR) is 159 cm³/mol. The quantitative estimate of drug-likeness (QED) is 0.202. The van der Waals surface area contributed by atoms with E-state index in [4.69, 9.17) is 0 Å². The summed E-state index contributed by atoms with van der Waals surface area (Å²) >= 11 is 2.66. The lowest BCUT2D eigenvalue weighted by Crippen LogP contribution is -2.33. The van der Waals surface area contributed by atoms with E-state index in [0.29, 0.717) is 15.8 Å². The molecular weight excluding hydrogens is 594 g/mol. The second kappa shape index (κ2) is 12.5. The van der Waals surface area contributed by atoms with Gasteiger partial charge in [0.2, 0.25) is 22.1 Å². The highest BCUT2D eigenvalue weighted by atomic mass is 32.1. The minimum atomic E-state index is -2.59. The molecular formula is C30H30F2N6O3S2. The average Bonchev–Trinajstić information content (AvgIpc) is 3.66. The molecule has 43 heavy (non-hydrogen) atoms. The number of alkyl halides is 2. The molecule has 0 saturated heterocycles. The highest BCUT2D eigenvalue weighted by Gasteiger charge is 2.45. The Morgan fingerprint density at radius 1 is 0.884 bits per heavy atom. The van der Waals surface area contributed by atoms with Gasteiger partial charge in [-0.15, -0.1) is 20.4 Å². The molecule has 2 amide bonds. The summed E-state index contributed by atoms with van der Waals surface area (Å²) in [4.78, 5) is 25.2. The van der Waals surface area contributed by atoms with Crippen molar-refractivity contribution in [2.45, 2.75) is 74.7 Å². The van der Waals surface area contributed by atoms with Gasteiger partial charge in [-0.2, -0.15) is 0 Å². The highest BCUT2D eigenvalue weighted by Crippen LogP contribution is 2.48. The number of nitrogens with one attached hydrogen (secondary N) is 2. The fourth-order valence-electron chi connectivity index (χ4n) is 5.70. The number of amides is 2. The maximum Gasteiger partial charge on any atom is 0.259 e. The van der Waals surface area contributed by atoms with Crippen molar-refractivity contribution in [3.63, 3.8) is 0 Å². The highest BCUT2D eigenvalue weighted by molar-refractivity contribution is 7.15. The van der Waals surface area contributed by atoms with Crippen molar-refractivity contribution in [3.8, 4) is 0 Å².